The number of anilines is 1. The van der Waals surface area contributed by atoms with Crippen molar-refractivity contribution in [3.8, 4) is 0 Å². The average Bonchev–Trinajstić information content (AvgIpc) is 2.85. The summed E-state index contributed by atoms with van der Waals surface area (Å²) in [7, 11) is 0. The second-order valence-corrected chi connectivity index (χ2v) is 5.32. The zero-order chi connectivity index (χ0) is 13.3. The van der Waals surface area contributed by atoms with Crippen molar-refractivity contribution in [3.63, 3.8) is 0 Å². The Kier molecular flexibility index (Phi) is 3.40. The highest BCUT2D eigenvalue weighted by Crippen LogP contribution is 2.23. The van der Waals surface area contributed by atoms with E-state index in [0.29, 0.717) is 14.9 Å². The number of nitrogens with one attached hydrogen (secondary N) is 2. The minimum Gasteiger partial charge on any atom is -0.477 e. The van der Waals surface area contributed by atoms with Crippen molar-refractivity contribution in [3.05, 3.63) is 38.8 Å². The molecule has 0 aliphatic carbocycles. The van der Waals surface area contributed by atoms with Crippen molar-refractivity contribution in [2.75, 3.05) is 5.32 Å². The van der Waals surface area contributed by atoms with Crippen LogP contribution in [0, 0.1) is 6.92 Å². The zero-order valence-corrected chi connectivity index (χ0v) is 10.9. The molecule has 0 fully saturated rings. The molecule has 18 heavy (non-hydrogen) atoms. The molecule has 0 saturated heterocycles. The van der Waals surface area contributed by atoms with Gasteiger partial charge in [0.05, 0.1) is 14.9 Å². The van der Waals surface area contributed by atoms with Crippen molar-refractivity contribution in [2.45, 2.75) is 6.92 Å². The van der Waals surface area contributed by atoms with E-state index in [1.807, 2.05) is 0 Å². The predicted octanol–water partition coefficient (Wildman–Crippen LogP) is 2.99. The normalized spacial score (nSPS) is 10.3. The van der Waals surface area contributed by atoms with Gasteiger partial charge in [0.1, 0.15) is 5.69 Å². The average molecular weight is 285 g/mol. The maximum atomic E-state index is 11.8. The molecule has 0 saturated carbocycles. The fourth-order valence-corrected chi connectivity index (χ4v) is 2.42. The highest BCUT2D eigenvalue weighted by Gasteiger charge is 2.17. The molecule has 0 aliphatic heterocycles. The van der Waals surface area contributed by atoms with Crippen molar-refractivity contribution in [2.24, 2.45) is 0 Å². The molecule has 0 aromatic carbocycles. The van der Waals surface area contributed by atoms with Crippen LogP contribution in [0.25, 0.3) is 0 Å². The molecular weight excluding hydrogens is 276 g/mol. The fraction of sp³-hybridized carbons (Fsp3) is 0.0909. The minimum atomic E-state index is -1.12. The number of hydrogen-bond acceptors (Lipinski definition) is 3. The van der Waals surface area contributed by atoms with Crippen LogP contribution in [0.3, 0.4) is 0 Å². The number of aromatic carboxylic acids is 1. The Balaban J connectivity index is 2.24. The number of aryl methyl sites for hydroxylation is 1. The Morgan fingerprint density at radius 3 is 2.72 bits per heavy atom. The molecule has 0 bridgehead atoms. The van der Waals surface area contributed by atoms with E-state index in [1.165, 1.54) is 0 Å². The van der Waals surface area contributed by atoms with Crippen molar-refractivity contribution in [1.29, 1.82) is 0 Å². The van der Waals surface area contributed by atoms with Crippen LogP contribution >= 0.6 is 22.9 Å². The first kappa shape index (κ1) is 12.7. The molecule has 2 rings (SSSR count). The molecule has 0 unspecified atom stereocenters. The summed E-state index contributed by atoms with van der Waals surface area (Å²) < 4.78 is 0.504. The third kappa shape index (κ3) is 2.55. The van der Waals surface area contributed by atoms with Gasteiger partial charge in [-0.1, -0.05) is 11.6 Å². The van der Waals surface area contributed by atoms with Gasteiger partial charge in [0.2, 0.25) is 0 Å². The summed E-state index contributed by atoms with van der Waals surface area (Å²) in [5.41, 5.74) is 0.866. The van der Waals surface area contributed by atoms with E-state index >= 15 is 0 Å². The lowest BCUT2D eigenvalue weighted by Gasteiger charge is -2.01. The van der Waals surface area contributed by atoms with Gasteiger partial charge in [0.15, 0.2) is 0 Å². The number of carbonyl (C=O) groups is 2. The van der Waals surface area contributed by atoms with Crippen LogP contribution < -0.4 is 5.32 Å². The van der Waals surface area contributed by atoms with Gasteiger partial charge in [-0.05, 0) is 25.1 Å². The van der Waals surface area contributed by atoms with E-state index in [1.54, 1.807) is 25.1 Å². The van der Waals surface area contributed by atoms with Crippen molar-refractivity contribution < 1.29 is 14.7 Å². The highest BCUT2D eigenvalue weighted by atomic mass is 35.5. The number of carboxylic acid groups (broad SMARTS) is 1. The summed E-state index contributed by atoms with van der Waals surface area (Å²) in [6.07, 6.45) is 0. The Morgan fingerprint density at radius 1 is 1.44 bits per heavy atom. The quantitative estimate of drug-likeness (QED) is 0.810. The number of carboxylic acids is 1. The molecule has 3 N–H and O–H groups in total. The summed E-state index contributed by atoms with van der Waals surface area (Å²) in [5, 5.41) is 11.5. The second kappa shape index (κ2) is 4.83. The lowest BCUT2D eigenvalue weighted by Crippen LogP contribution is -2.12. The molecule has 2 heterocycles. The van der Waals surface area contributed by atoms with E-state index in [0.717, 1.165) is 11.3 Å². The summed E-state index contributed by atoms with van der Waals surface area (Å²) in [6, 6.07) is 4.76. The van der Waals surface area contributed by atoms with E-state index in [4.69, 9.17) is 16.7 Å². The third-order valence-corrected chi connectivity index (χ3v) is 3.44. The smallest absolute Gasteiger partial charge is 0.354 e. The molecule has 1 amide bonds. The first-order valence-electron chi connectivity index (χ1n) is 4.97. The lowest BCUT2D eigenvalue weighted by atomic mass is 10.3. The number of halogens is 1. The SMILES string of the molecule is Cc1cc(NC(=O)c2ccc(Cl)s2)c(C(=O)O)[nH]1. The van der Waals surface area contributed by atoms with E-state index in [9.17, 15) is 9.59 Å². The number of H-pyrrole nitrogens is 1. The predicted molar refractivity (Wildman–Crippen MR) is 69.8 cm³/mol. The number of amides is 1. The van der Waals surface area contributed by atoms with Gasteiger partial charge in [-0.3, -0.25) is 4.79 Å². The summed E-state index contributed by atoms with van der Waals surface area (Å²) in [4.78, 5) is 25.9. The summed E-state index contributed by atoms with van der Waals surface area (Å²) >= 11 is 6.86. The third-order valence-electron chi connectivity index (χ3n) is 2.21. The van der Waals surface area contributed by atoms with Crippen LogP contribution in [-0.2, 0) is 0 Å². The maximum Gasteiger partial charge on any atom is 0.354 e. The number of thiophene rings is 1. The standard InChI is InChI=1S/C11H9ClN2O3S/c1-5-4-6(9(13-5)11(16)17)14-10(15)7-2-3-8(12)18-7/h2-4,13H,1H3,(H,14,15)(H,16,17). The second-order valence-electron chi connectivity index (χ2n) is 3.60. The lowest BCUT2D eigenvalue weighted by molar-refractivity contribution is 0.0692. The fourth-order valence-electron chi connectivity index (χ4n) is 1.48. The van der Waals surface area contributed by atoms with Crippen LogP contribution in [0.1, 0.15) is 25.9 Å². The Bertz CT molecular complexity index is 618. The molecule has 0 spiro atoms. The van der Waals surface area contributed by atoms with Gasteiger partial charge in [-0.15, -0.1) is 11.3 Å². The van der Waals surface area contributed by atoms with Crippen LogP contribution in [0.4, 0.5) is 5.69 Å². The largest absolute Gasteiger partial charge is 0.477 e. The number of aromatic nitrogens is 1. The van der Waals surface area contributed by atoms with Crippen LogP contribution in [0.2, 0.25) is 4.34 Å². The number of hydrogen-bond donors (Lipinski definition) is 3. The first-order valence-corrected chi connectivity index (χ1v) is 6.16. The topological polar surface area (TPSA) is 82.2 Å². The van der Waals surface area contributed by atoms with Gasteiger partial charge in [-0.2, -0.15) is 0 Å². The zero-order valence-electron chi connectivity index (χ0n) is 9.28. The molecule has 0 atom stereocenters. The van der Waals surface area contributed by atoms with E-state index in [2.05, 4.69) is 10.3 Å². The van der Waals surface area contributed by atoms with Crippen LogP contribution in [-0.4, -0.2) is 22.0 Å². The van der Waals surface area contributed by atoms with Gasteiger partial charge in [0.25, 0.3) is 5.91 Å². The molecule has 2 aromatic rings. The Hall–Kier alpha value is -1.79. The minimum absolute atomic E-state index is 0.0384. The van der Waals surface area contributed by atoms with Crippen molar-refractivity contribution in [1.82, 2.24) is 4.98 Å². The van der Waals surface area contributed by atoms with Gasteiger partial charge < -0.3 is 15.4 Å². The maximum absolute atomic E-state index is 11.8. The highest BCUT2D eigenvalue weighted by molar-refractivity contribution is 7.18. The number of aromatic amines is 1. The molecule has 94 valence electrons. The van der Waals surface area contributed by atoms with Crippen LogP contribution in [0.5, 0.6) is 0 Å². The summed E-state index contributed by atoms with van der Waals surface area (Å²) in [5.74, 6) is -1.50. The number of carbonyl (C=O) groups excluding carboxylic acids is 1. The van der Waals surface area contributed by atoms with Gasteiger partial charge >= 0.3 is 5.97 Å². The molecule has 5 nitrogen and oxygen atoms in total. The van der Waals surface area contributed by atoms with Gasteiger partial charge in [-0.25, -0.2) is 4.79 Å². The van der Waals surface area contributed by atoms with Crippen molar-refractivity contribution >= 4 is 40.5 Å². The molecule has 0 aliphatic rings. The monoisotopic (exact) mass is 284 g/mol. The molecular formula is C11H9ClN2O3S. The van der Waals surface area contributed by atoms with Gasteiger partial charge in [0, 0.05) is 5.69 Å². The molecule has 7 heteroatoms. The first-order chi connectivity index (χ1) is 8.47. The Morgan fingerprint density at radius 2 is 2.17 bits per heavy atom. The number of rotatable bonds is 3. The Labute approximate surface area is 111 Å². The van der Waals surface area contributed by atoms with Crippen LogP contribution in [0.15, 0.2) is 18.2 Å². The summed E-state index contributed by atoms with van der Waals surface area (Å²) in [6.45, 7) is 1.71. The molecule has 0 radical (unpaired) electrons. The van der Waals surface area contributed by atoms with E-state index in [-0.39, 0.29) is 17.3 Å². The molecule has 2 aromatic heterocycles. The van der Waals surface area contributed by atoms with E-state index < -0.39 is 5.97 Å².